The first-order valence-electron chi connectivity index (χ1n) is 5.93. The molecule has 0 bridgehead atoms. The Morgan fingerprint density at radius 1 is 1.42 bits per heavy atom. The van der Waals surface area contributed by atoms with Crippen LogP contribution in [0.5, 0.6) is 0 Å². The highest BCUT2D eigenvalue weighted by Gasteiger charge is 2.22. The van der Waals surface area contributed by atoms with Gasteiger partial charge >= 0.3 is 0 Å². The standard InChI is InChI=1S/C13H15BrCl2N2.BrH/c1-8(14)18-13-6-9(7-17-13)5-10-11(15)3-2-4-12(10)16;/h2-4,8-9H,5-7H2,1H3,(H,17,18);1H. The summed E-state index contributed by atoms with van der Waals surface area (Å²) in [7, 11) is 0. The molecule has 1 saturated heterocycles. The number of hydrogen-bond donors (Lipinski definition) is 1. The summed E-state index contributed by atoms with van der Waals surface area (Å²) in [5.74, 6) is 1.57. The molecule has 1 fully saturated rings. The van der Waals surface area contributed by atoms with E-state index in [-0.39, 0.29) is 21.9 Å². The van der Waals surface area contributed by atoms with Gasteiger partial charge in [0.25, 0.3) is 0 Å². The topological polar surface area (TPSA) is 24.4 Å². The Morgan fingerprint density at radius 3 is 2.63 bits per heavy atom. The average molecular weight is 431 g/mol. The molecule has 0 radical (unpaired) electrons. The van der Waals surface area contributed by atoms with E-state index in [0.717, 1.165) is 40.8 Å². The normalized spacial score (nSPS) is 21.9. The third-order valence-corrected chi connectivity index (χ3v) is 3.88. The van der Waals surface area contributed by atoms with Gasteiger partial charge in [-0.3, -0.25) is 4.99 Å². The molecular weight excluding hydrogens is 415 g/mol. The van der Waals surface area contributed by atoms with Crippen LogP contribution in [0, 0.1) is 5.92 Å². The Kier molecular flexibility index (Phi) is 7.15. The molecule has 106 valence electrons. The van der Waals surface area contributed by atoms with E-state index in [1.165, 1.54) is 0 Å². The summed E-state index contributed by atoms with van der Waals surface area (Å²) in [6, 6.07) is 5.65. The summed E-state index contributed by atoms with van der Waals surface area (Å²) < 4.78 is 0. The molecule has 2 atom stereocenters. The van der Waals surface area contributed by atoms with Crippen LogP contribution in [-0.4, -0.2) is 17.3 Å². The van der Waals surface area contributed by atoms with Crippen molar-refractivity contribution >= 4 is 61.9 Å². The largest absolute Gasteiger partial charge is 0.373 e. The van der Waals surface area contributed by atoms with Crippen molar-refractivity contribution in [3.8, 4) is 0 Å². The Labute approximate surface area is 142 Å². The fourth-order valence-electron chi connectivity index (χ4n) is 2.15. The maximum Gasteiger partial charge on any atom is 0.104 e. The lowest BCUT2D eigenvalue weighted by atomic mass is 9.98. The molecule has 1 heterocycles. The number of amidine groups is 1. The van der Waals surface area contributed by atoms with Crippen LogP contribution in [0.3, 0.4) is 0 Å². The van der Waals surface area contributed by atoms with Crippen LogP contribution < -0.4 is 5.32 Å². The van der Waals surface area contributed by atoms with Gasteiger partial charge in [-0.2, -0.15) is 0 Å². The van der Waals surface area contributed by atoms with Gasteiger partial charge in [-0.1, -0.05) is 45.2 Å². The van der Waals surface area contributed by atoms with E-state index >= 15 is 0 Å². The molecule has 0 spiro atoms. The molecule has 1 aliphatic heterocycles. The highest BCUT2D eigenvalue weighted by Crippen LogP contribution is 2.28. The third kappa shape index (κ3) is 4.92. The smallest absolute Gasteiger partial charge is 0.104 e. The lowest BCUT2D eigenvalue weighted by Crippen LogP contribution is -2.16. The summed E-state index contributed by atoms with van der Waals surface area (Å²) >= 11 is 15.8. The predicted octanol–water partition coefficient (Wildman–Crippen LogP) is 4.86. The van der Waals surface area contributed by atoms with Gasteiger partial charge in [-0.25, -0.2) is 0 Å². The summed E-state index contributed by atoms with van der Waals surface area (Å²) in [5.41, 5.74) is 1.04. The summed E-state index contributed by atoms with van der Waals surface area (Å²) in [4.78, 5) is 4.62. The maximum absolute atomic E-state index is 6.19. The molecule has 2 rings (SSSR count). The highest BCUT2D eigenvalue weighted by molar-refractivity contribution is 9.09. The Hall–Kier alpha value is 0.230. The van der Waals surface area contributed by atoms with Crippen molar-refractivity contribution in [3.05, 3.63) is 33.8 Å². The van der Waals surface area contributed by atoms with E-state index in [0.29, 0.717) is 5.92 Å². The maximum atomic E-state index is 6.19. The zero-order valence-corrected chi connectivity index (χ0v) is 15.3. The second kappa shape index (κ2) is 7.87. The molecule has 0 amide bonds. The van der Waals surface area contributed by atoms with E-state index < -0.39 is 0 Å². The van der Waals surface area contributed by atoms with Gasteiger partial charge in [-0.05, 0) is 37.0 Å². The number of benzene rings is 1. The average Bonchev–Trinajstić information content (AvgIpc) is 2.70. The Bertz CT molecular complexity index is 444. The van der Waals surface area contributed by atoms with Crippen LogP contribution in [0.25, 0.3) is 0 Å². The van der Waals surface area contributed by atoms with Crippen molar-refractivity contribution in [2.24, 2.45) is 10.9 Å². The lowest BCUT2D eigenvalue weighted by molar-refractivity contribution is 0.585. The van der Waals surface area contributed by atoms with Gasteiger partial charge in [0.1, 0.15) is 4.95 Å². The molecule has 2 nitrogen and oxygen atoms in total. The van der Waals surface area contributed by atoms with E-state index in [2.05, 4.69) is 26.2 Å². The molecule has 1 N–H and O–H groups in total. The molecule has 19 heavy (non-hydrogen) atoms. The third-order valence-electron chi connectivity index (χ3n) is 2.97. The lowest BCUT2D eigenvalue weighted by Gasteiger charge is -2.10. The molecule has 1 aliphatic rings. The molecule has 0 saturated carbocycles. The molecule has 1 aromatic rings. The van der Waals surface area contributed by atoms with Crippen molar-refractivity contribution in [1.82, 2.24) is 5.32 Å². The number of alkyl halides is 1. The summed E-state index contributed by atoms with van der Waals surface area (Å²) in [6.07, 6.45) is 1.85. The molecule has 0 aliphatic carbocycles. The van der Waals surface area contributed by atoms with E-state index in [9.17, 15) is 0 Å². The first-order chi connectivity index (χ1) is 8.56. The Morgan fingerprint density at radius 2 is 2.05 bits per heavy atom. The number of rotatable bonds is 3. The number of nitrogens with zero attached hydrogens (tertiary/aromatic N) is 1. The highest BCUT2D eigenvalue weighted by atomic mass is 79.9. The van der Waals surface area contributed by atoms with Crippen molar-refractivity contribution in [2.75, 3.05) is 6.54 Å². The summed E-state index contributed by atoms with van der Waals surface area (Å²) in [5, 5.41) is 4.83. The van der Waals surface area contributed by atoms with Gasteiger partial charge < -0.3 is 5.32 Å². The van der Waals surface area contributed by atoms with Crippen LogP contribution in [0.15, 0.2) is 23.2 Å². The van der Waals surface area contributed by atoms with Crippen molar-refractivity contribution in [2.45, 2.75) is 24.7 Å². The second-order valence-corrected chi connectivity index (χ2v) is 6.64. The van der Waals surface area contributed by atoms with Crippen LogP contribution >= 0.6 is 56.1 Å². The molecule has 2 unspecified atom stereocenters. The number of halogens is 4. The van der Waals surface area contributed by atoms with Gasteiger partial charge in [-0.15, -0.1) is 17.0 Å². The minimum Gasteiger partial charge on any atom is -0.373 e. The van der Waals surface area contributed by atoms with E-state index in [1.54, 1.807) is 0 Å². The van der Waals surface area contributed by atoms with Crippen LogP contribution in [-0.2, 0) is 6.42 Å². The Balaban J connectivity index is 0.00000180. The van der Waals surface area contributed by atoms with Crippen LogP contribution in [0.4, 0.5) is 0 Å². The van der Waals surface area contributed by atoms with E-state index in [1.807, 2.05) is 25.1 Å². The number of aliphatic imine (C=N–C) groups is 1. The van der Waals surface area contributed by atoms with Gasteiger partial charge in [0.2, 0.25) is 0 Å². The van der Waals surface area contributed by atoms with Crippen molar-refractivity contribution in [3.63, 3.8) is 0 Å². The fourth-order valence-corrected chi connectivity index (χ4v) is 2.95. The van der Waals surface area contributed by atoms with E-state index in [4.69, 9.17) is 23.2 Å². The van der Waals surface area contributed by atoms with Gasteiger partial charge in [0, 0.05) is 23.0 Å². The fraction of sp³-hybridized carbons (Fsp3) is 0.462. The summed E-state index contributed by atoms with van der Waals surface area (Å²) in [6.45, 7) is 2.94. The first kappa shape index (κ1) is 17.3. The molecule has 1 aromatic carbocycles. The minimum atomic E-state index is 0. The zero-order valence-electron chi connectivity index (χ0n) is 10.5. The number of hydrogen-bond acceptors (Lipinski definition) is 1. The van der Waals surface area contributed by atoms with Crippen LogP contribution in [0.2, 0.25) is 10.0 Å². The van der Waals surface area contributed by atoms with Crippen molar-refractivity contribution in [1.29, 1.82) is 0 Å². The first-order valence-corrected chi connectivity index (χ1v) is 7.61. The van der Waals surface area contributed by atoms with Crippen molar-refractivity contribution < 1.29 is 0 Å². The minimum absolute atomic E-state index is 0. The molecule has 6 heteroatoms. The molecule has 0 aromatic heterocycles. The van der Waals surface area contributed by atoms with Gasteiger partial charge in [0.05, 0.1) is 5.84 Å². The molecular formula is C13H16Br2Cl2N2. The van der Waals surface area contributed by atoms with Gasteiger partial charge in [0.15, 0.2) is 0 Å². The quantitative estimate of drug-likeness (QED) is 0.537. The van der Waals surface area contributed by atoms with Crippen LogP contribution in [0.1, 0.15) is 18.9 Å². The SMILES string of the molecule is Br.CC(Br)/N=C1/CC(Cc2c(Cl)cccc2Cl)CN1. The predicted molar refractivity (Wildman–Crippen MR) is 92.4 cm³/mol. The number of nitrogens with one attached hydrogen (secondary N) is 1. The zero-order chi connectivity index (χ0) is 13.1. The second-order valence-electron chi connectivity index (χ2n) is 4.51. The monoisotopic (exact) mass is 428 g/mol.